The van der Waals surface area contributed by atoms with Gasteiger partial charge in [0, 0.05) is 29.8 Å². The minimum Gasteiger partial charge on any atom is -0.372 e. The minimum absolute atomic E-state index is 0.102. The van der Waals surface area contributed by atoms with Crippen molar-refractivity contribution >= 4 is 27.7 Å². The number of nitrogens with zero attached hydrogens (tertiary/aromatic N) is 2. The van der Waals surface area contributed by atoms with Gasteiger partial charge in [0.1, 0.15) is 5.82 Å². The molecule has 6 heteroatoms. The highest BCUT2D eigenvalue weighted by Gasteiger charge is 2.22. The van der Waals surface area contributed by atoms with Gasteiger partial charge < -0.3 is 15.5 Å². The molecular weight excluding hydrogens is 308 g/mol. The summed E-state index contributed by atoms with van der Waals surface area (Å²) in [7, 11) is 5.73. The number of anilines is 1. The molecule has 0 atom stereocenters. The van der Waals surface area contributed by atoms with Crippen molar-refractivity contribution in [3.05, 3.63) is 22.3 Å². The third-order valence-electron chi connectivity index (χ3n) is 3.23. The molecule has 2 N–H and O–H groups in total. The molecule has 1 rings (SSSR count). The van der Waals surface area contributed by atoms with Crippen LogP contribution in [0.25, 0.3) is 0 Å². The van der Waals surface area contributed by atoms with E-state index in [4.69, 9.17) is 0 Å². The van der Waals surface area contributed by atoms with Crippen LogP contribution >= 0.6 is 15.9 Å². The molecule has 0 aliphatic heterocycles. The fraction of sp³-hybridized carbons (Fsp3) is 0.538. The van der Waals surface area contributed by atoms with Crippen LogP contribution in [0.2, 0.25) is 0 Å². The van der Waals surface area contributed by atoms with Crippen molar-refractivity contribution in [2.75, 3.05) is 33.0 Å². The average molecular weight is 329 g/mol. The number of carbonyl (C=O) groups is 1. The molecular formula is C13H21BrN4O. The third-order valence-corrected chi connectivity index (χ3v) is 3.66. The van der Waals surface area contributed by atoms with Crippen LogP contribution < -0.4 is 10.6 Å². The predicted octanol–water partition coefficient (Wildman–Crippen LogP) is 1.96. The Kier molecular flexibility index (Phi) is 5.31. The van der Waals surface area contributed by atoms with Crippen LogP contribution in [0.1, 0.15) is 24.2 Å². The van der Waals surface area contributed by atoms with E-state index >= 15 is 0 Å². The molecule has 0 bridgehead atoms. The Bertz CT molecular complexity index is 460. The van der Waals surface area contributed by atoms with Crippen LogP contribution in [-0.4, -0.2) is 49.0 Å². The maximum Gasteiger partial charge on any atom is 0.255 e. The number of carbonyl (C=O) groups excluding carboxylic acids is 1. The largest absolute Gasteiger partial charge is 0.372 e. The first-order valence-corrected chi connectivity index (χ1v) is 6.86. The summed E-state index contributed by atoms with van der Waals surface area (Å²) in [4.78, 5) is 18.5. The number of likely N-dealkylation sites (N-methyl/N-ethyl adjacent to an activating group) is 1. The van der Waals surface area contributed by atoms with Crippen molar-refractivity contribution in [2.45, 2.75) is 19.4 Å². The predicted molar refractivity (Wildman–Crippen MR) is 81.6 cm³/mol. The van der Waals surface area contributed by atoms with Gasteiger partial charge in [0.2, 0.25) is 0 Å². The van der Waals surface area contributed by atoms with Gasteiger partial charge in [-0.05, 0) is 49.9 Å². The molecule has 0 saturated carbocycles. The van der Waals surface area contributed by atoms with E-state index < -0.39 is 0 Å². The van der Waals surface area contributed by atoms with Crippen LogP contribution in [0, 0.1) is 0 Å². The topological polar surface area (TPSA) is 57.3 Å². The molecule has 5 nitrogen and oxygen atoms in total. The zero-order chi connectivity index (χ0) is 14.6. The van der Waals surface area contributed by atoms with E-state index in [0.717, 1.165) is 4.47 Å². The quantitative estimate of drug-likeness (QED) is 0.867. The summed E-state index contributed by atoms with van der Waals surface area (Å²) in [5.41, 5.74) is 0.431. The summed E-state index contributed by atoms with van der Waals surface area (Å²) in [5.74, 6) is 0.441. The molecule has 106 valence electrons. The SMILES string of the molecule is CNc1ncc(Br)cc1C(=O)NCC(C)(C)N(C)C. The molecule has 1 amide bonds. The van der Waals surface area contributed by atoms with Crippen molar-refractivity contribution in [1.82, 2.24) is 15.2 Å². The first-order valence-electron chi connectivity index (χ1n) is 6.07. The van der Waals surface area contributed by atoms with Crippen LogP contribution in [0.3, 0.4) is 0 Å². The zero-order valence-electron chi connectivity index (χ0n) is 12.0. The highest BCUT2D eigenvalue weighted by atomic mass is 79.9. The molecule has 0 unspecified atom stereocenters. The zero-order valence-corrected chi connectivity index (χ0v) is 13.6. The van der Waals surface area contributed by atoms with E-state index in [1.807, 2.05) is 14.1 Å². The van der Waals surface area contributed by atoms with E-state index in [0.29, 0.717) is 17.9 Å². The molecule has 0 aromatic carbocycles. The summed E-state index contributed by atoms with van der Waals surface area (Å²) in [6, 6.07) is 1.76. The summed E-state index contributed by atoms with van der Waals surface area (Å²) in [5, 5.41) is 5.86. The van der Waals surface area contributed by atoms with Gasteiger partial charge in [-0.1, -0.05) is 0 Å². The van der Waals surface area contributed by atoms with Crippen molar-refractivity contribution in [3.8, 4) is 0 Å². The number of aromatic nitrogens is 1. The fourth-order valence-electron chi connectivity index (χ4n) is 1.36. The Balaban J connectivity index is 2.82. The van der Waals surface area contributed by atoms with E-state index in [2.05, 4.69) is 50.3 Å². The lowest BCUT2D eigenvalue weighted by Gasteiger charge is -2.32. The molecule has 1 aromatic heterocycles. The van der Waals surface area contributed by atoms with Crippen molar-refractivity contribution < 1.29 is 4.79 Å². The van der Waals surface area contributed by atoms with Crippen molar-refractivity contribution in [1.29, 1.82) is 0 Å². The first kappa shape index (κ1) is 15.9. The summed E-state index contributed by atoms with van der Waals surface area (Å²) < 4.78 is 0.781. The van der Waals surface area contributed by atoms with Crippen molar-refractivity contribution in [3.63, 3.8) is 0 Å². The number of amides is 1. The lowest BCUT2D eigenvalue weighted by Crippen LogP contribution is -2.48. The molecule has 0 spiro atoms. The second-order valence-electron chi connectivity index (χ2n) is 5.19. The number of rotatable bonds is 5. The number of halogens is 1. The number of hydrogen-bond acceptors (Lipinski definition) is 4. The lowest BCUT2D eigenvalue weighted by molar-refractivity contribution is 0.0920. The maximum absolute atomic E-state index is 12.2. The highest BCUT2D eigenvalue weighted by Crippen LogP contribution is 2.18. The van der Waals surface area contributed by atoms with Crippen LogP contribution in [0.5, 0.6) is 0 Å². The second-order valence-corrected chi connectivity index (χ2v) is 6.10. The average Bonchev–Trinajstić information content (AvgIpc) is 2.35. The molecule has 0 radical (unpaired) electrons. The van der Waals surface area contributed by atoms with E-state index in [9.17, 15) is 4.79 Å². The summed E-state index contributed by atoms with van der Waals surface area (Å²) >= 11 is 3.33. The minimum atomic E-state index is -0.131. The standard InChI is InChI=1S/C13H21BrN4O/c1-13(2,18(4)5)8-17-12(19)10-6-9(14)7-16-11(10)15-3/h6-7H,8H2,1-5H3,(H,15,16)(H,17,19). The molecule has 0 fully saturated rings. The van der Waals surface area contributed by atoms with Crippen LogP contribution in [0.15, 0.2) is 16.7 Å². The Morgan fingerprint density at radius 3 is 2.63 bits per heavy atom. The normalized spacial score (nSPS) is 11.5. The second kappa shape index (κ2) is 6.34. The molecule has 1 heterocycles. The van der Waals surface area contributed by atoms with E-state index in [-0.39, 0.29) is 11.4 Å². The van der Waals surface area contributed by atoms with Gasteiger partial charge >= 0.3 is 0 Å². The monoisotopic (exact) mass is 328 g/mol. The Labute approximate surface area is 122 Å². The van der Waals surface area contributed by atoms with Gasteiger partial charge in [0.05, 0.1) is 5.56 Å². The first-order chi connectivity index (χ1) is 8.77. The maximum atomic E-state index is 12.2. The van der Waals surface area contributed by atoms with Gasteiger partial charge in [-0.25, -0.2) is 4.98 Å². The number of nitrogens with one attached hydrogen (secondary N) is 2. The molecule has 0 aliphatic rings. The van der Waals surface area contributed by atoms with Crippen molar-refractivity contribution in [2.24, 2.45) is 0 Å². The molecule has 1 aromatic rings. The number of hydrogen-bond donors (Lipinski definition) is 2. The third kappa shape index (κ3) is 4.18. The van der Waals surface area contributed by atoms with Crippen LogP contribution in [-0.2, 0) is 0 Å². The van der Waals surface area contributed by atoms with Gasteiger partial charge in [0.15, 0.2) is 0 Å². The number of pyridine rings is 1. The van der Waals surface area contributed by atoms with E-state index in [1.165, 1.54) is 0 Å². The van der Waals surface area contributed by atoms with Gasteiger partial charge in [0.25, 0.3) is 5.91 Å². The fourth-order valence-corrected chi connectivity index (χ4v) is 1.69. The van der Waals surface area contributed by atoms with E-state index in [1.54, 1.807) is 19.3 Å². The van der Waals surface area contributed by atoms with Gasteiger partial charge in [-0.2, -0.15) is 0 Å². The molecule has 19 heavy (non-hydrogen) atoms. The molecule has 0 saturated heterocycles. The summed E-state index contributed by atoms with van der Waals surface area (Å²) in [6.07, 6.45) is 1.66. The van der Waals surface area contributed by atoms with Gasteiger partial charge in [-0.15, -0.1) is 0 Å². The molecule has 0 aliphatic carbocycles. The lowest BCUT2D eigenvalue weighted by atomic mass is 10.0. The Morgan fingerprint density at radius 1 is 1.47 bits per heavy atom. The highest BCUT2D eigenvalue weighted by molar-refractivity contribution is 9.10. The van der Waals surface area contributed by atoms with Crippen LogP contribution in [0.4, 0.5) is 5.82 Å². The smallest absolute Gasteiger partial charge is 0.255 e. The Morgan fingerprint density at radius 2 is 2.11 bits per heavy atom. The Hall–Kier alpha value is -1.14. The summed E-state index contributed by atoms with van der Waals surface area (Å²) in [6.45, 7) is 4.71. The van der Waals surface area contributed by atoms with Gasteiger partial charge in [-0.3, -0.25) is 4.79 Å².